The normalized spacial score (nSPS) is 12.0. The molecule has 0 saturated heterocycles. The molecule has 2 aromatic carbocycles. The summed E-state index contributed by atoms with van der Waals surface area (Å²) < 4.78 is 5.21. The topological polar surface area (TPSA) is 67.2 Å². The lowest BCUT2D eigenvalue weighted by atomic mass is 10.1. The molecule has 1 aromatic heterocycles. The molecule has 0 fully saturated rings. The van der Waals surface area contributed by atoms with Gasteiger partial charge in [0, 0.05) is 5.39 Å². The summed E-state index contributed by atoms with van der Waals surface area (Å²) in [7, 11) is 0. The van der Waals surface area contributed by atoms with Crippen molar-refractivity contribution < 1.29 is 9.32 Å². The largest absolute Gasteiger partial charge is 0.356 e. The highest BCUT2D eigenvalue weighted by molar-refractivity contribution is 5.80. The summed E-state index contributed by atoms with van der Waals surface area (Å²) in [5.41, 5.74) is 2.50. The predicted molar refractivity (Wildman–Crippen MR) is 84.2 cm³/mol. The number of benzene rings is 2. The van der Waals surface area contributed by atoms with Crippen molar-refractivity contribution in [2.24, 2.45) is 0 Å². The van der Waals surface area contributed by atoms with Gasteiger partial charge in [-0.1, -0.05) is 47.6 Å². The second-order valence-electron chi connectivity index (χ2n) is 5.08. The number of urea groups is 1. The van der Waals surface area contributed by atoms with E-state index in [4.69, 9.17) is 4.52 Å². The maximum Gasteiger partial charge on any atom is 0.315 e. The van der Waals surface area contributed by atoms with E-state index in [1.165, 1.54) is 0 Å². The molecular formula is C17H17N3O2. The van der Waals surface area contributed by atoms with E-state index in [0.29, 0.717) is 6.54 Å². The lowest BCUT2D eigenvalue weighted by Gasteiger charge is -2.14. The third-order valence-electron chi connectivity index (χ3n) is 3.52. The maximum absolute atomic E-state index is 12.0. The van der Waals surface area contributed by atoms with E-state index >= 15 is 0 Å². The Morgan fingerprint density at radius 1 is 1.14 bits per heavy atom. The molecule has 0 bridgehead atoms. The van der Waals surface area contributed by atoms with Gasteiger partial charge in [-0.05, 0) is 24.6 Å². The molecule has 2 N–H and O–H groups in total. The molecule has 5 heteroatoms. The van der Waals surface area contributed by atoms with Gasteiger partial charge >= 0.3 is 6.03 Å². The van der Waals surface area contributed by atoms with Gasteiger partial charge in [-0.3, -0.25) is 0 Å². The quantitative estimate of drug-likeness (QED) is 0.775. The Morgan fingerprint density at radius 2 is 1.86 bits per heavy atom. The first kappa shape index (κ1) is 14.1. The van der Waals surface area contributed by atoms with Crippen LogP contribution in [-0.2, 0) is 6.54 Å². The summed E-state index contributed by atoms with van der Waals surface area (Å²) in [6, 6.07) is 17.1. The number of nitrogens with one attached hydrogen (secondary N) is 2. The van der Waals surface area contributed by atoms with Gasteiger partial charge in [0.25, 0.3) is 0 Å². The van der Waals surface area contributed by atoms with E-state index in [1.54, 1.807) is 0 Å². The van der Waals surface area contributed by atoms with E-state index in [9.17, 15) is 4.79 Å². The van der Waals surface area contributed by atoms with Gasteiger partial charge in [0.2, 0.25) is 0 Å². The number of fused-ring (bicyclic) bond motifs is 1. The number of nitrogens with zero attached hydrogens (tertiary/aromatic N) is 1. The maximum atomic E-state index is 12.0. The second kappa shape index (κ2) is 6.30. The Labute approximate surface area is 128 Å². The Morgan fingerprint density at radius 3 is 2.68 bits per heavy atom. The molecule has 1 heterocycles. The van der Waals surface area contributed by atoms with Crippen LogP contribution in [0.4, 0.5) is 4.79 Å². The van der Waals surface area contributed by atoms with Crippen molar-refractivity contribution in [2.45, 2.75) is 19.5 Å². The minimum atomic E-state index is -0.233. The minimum absolute atomic E-state index is 0.0600. The van der Waals surface area contributed by atoms with Crippen LogP contribution in [0, 0.1) is 0 Å². The van der Waals surface area contributed by atoms with E-state index in [-0.39, 0.29) is 12.1 Å². The van der Waals surface area contributed by atoms with E-state index in [1.807, 2.05) is 61.5 Å². The lowest BCUT2D eigenvalue weighted by Crippen LogP contribution is -2.36. The van der Waals surface area contributed by atoms with Gasteiger partial charge in [0.05, 0.1) is 12.6 Å². The standard InChI is InChI=1S/C17H17N3O2/c1-12(13-7-3-2-4-8-13)19-17(21)18-11-15-14-9-5-6-10-16(14)22-20-15/h2-10,12H,11H2,1H3,(H2,18,19,21)/t12-/m1/s1. The average molecular weight is 295 g/mol. The number of rotatable bonds is 4. The van der Waals surface area contributed by atoms with Gasteiger partial charge in [-0.25, -0.2) is 4.79 Å². The Hall–Kier alpha value is -2.82. The molecule has 0 saturated carbocycles. The third kappa shape index (κ3) is 3.09. The van der Waals surface area contributed by atoms with Crippen molar-refractivity contribution in [3.63, 3.8) is 0 Å². The summed E-state index contributed by atoms with van der Waals surface area (Å²) in [6.07, 6.45) is 0. The van der Waals surface area contributed by atoms with Crippen LogP contribution in [0.1, 0.15) is 24.2 Å². The van der Waals surface area contributed by atoms with Crippen molar-refractivity contribution >= 4 is 17.0 Å². The van der Waals surface area contributed by atoms with Gasteiger partial charge in [0.15, 0.2) is 5.58 Å². The molecule has 0 spiro atoms. The van der Waals surface area contributed by atoms with Gasteiger partial charge in [0.1, 0.15) is 5.69 Å². The van der Waals surface area contributed by atoms with Crippen molar-refractivity contribution in [3.05, 3.63) is 65.9 Å². The zero-order chi connectivity index (χ0) is 15.4. The molecule has 2 amide bonds. The summed E-state index contributed by atoms with van der Waals surface area (Å²) >= 11 is 0. The molecule has 0 aliphatic heterocycles. The molecule has 0 aliphatic carbocycles. The molecule has 1 atom stereocenters. The van der Waals surface area contributed by atoms with Crippen LogP contribution < -0.4 is 10.6 Å². The monoisotopic (exact) mass is 295 g/mol. The van der Waals surface area contributed by atoms with E-state index < -0.39 is 0 Å². The Balaban J connectivity index is 1.58. The Bertz CT molecular complexity index is 768. The first-order valence-electron chi connectivity index (χ1n) is 7.16. The minimum Gasteiger partial charge on any atom is -0.356 e. The van der Waals surface area contributed by atoms with Crippen LogP contribution in [0.5, 0.6) is 0 Å². The number of para-hydroxylation sites is 1. The number of aromatic nitrogens is 1. The number of hydrogen-bond acceptors (Lipinski definition) is 3. The van der Waals surface area contributed by atoms with Gasteiger partial charge < -0.3 is 15.2 Å². The first-order valence-corrected chi connectivity index (χ1v) is 7.16. The van der Waals surface area contributed by atoms with Gasteiger partial charge in [-0.15, -0.1) is 0 Å². The molecule has 5 nitrogen and oxygen atoms in total. The number of carbonyl (C=O) groups is 1. The highest BCUT2D eigenvalue weighted by atomic mass is 16.5. The summed E-state index contributed by atoms with van der Waals surface area (Å²) in [4.78, 5) is 12.0. The molecule has 0 radical (unpaired) electrons. The molecule has 3 rings (SSSR count). The SMILES string of the molecule is C[C@@H](NC(=O)NCc1noc2ccccc12)c1ccccc1. The van der Waals surface area contributed by atoms with Crippen LogP contribution in [0.2, 0.25) is 0 Å². The fourth-order valence-electron chi connectivity index (χ4n) is 2.30. The predicted octanol–water partition coefficient (Wildman–Crippen LogP) is 3.39. The second-order valence-corrected chi connectivity index (χ2v) is 5.08. The van der Waals surface area contributed by atoms with Gasteiger partial charge in [-0.2, -0.15) is 0 Å². The molecule has 22 heavy (non-hydrogen) atoms. The number of hydrogen-bond donors (Lipinski definition) is 2. The van der Waals surface area contributed by atoms with Crippen molar-refractivity contribution in [1.29, 1.82) is 0 Å². The molecule has 0 aliphatic rings. The fourth-order valence-corrected chi connectivity index (χ4v) is 2.30. The zero-order valence-electron chi connectivity index (χ0n) is 12.2. The van der Waals surface area contributed by atoms with Crippen LogP contribution in [0.25, 0.3) is 11.0 Å². The third-order valence-corrected chi connectivity index (χ3v) is 3.52. The summed E-state index contributed by atoms with van der Waals surface area (Å²) in [5, 5.41) is 10.6. The lowest BCUT2D eigenvalue weighted by molar-refractivity contribution is 0.237. The summed E-state index contributed by atoms with van der Waals surface area (Å²) in [5.74, 6) is 0. The zero-order valence-corrected chi connectivity index (χ0v) is 12.2. The molecule has 3 aromatic rings. The number of amides is 2. The van der Waals surface area contributed by atoms with Crippen LogP contribution >= 0.6 is 0 Å². The van der Waals surface area contributed by atoms with Crippen LogP contribution in [0.15, 0.2) is 59.1 Å². The highest BCUT2D eigenvalue weighted by Crippen LogP contribution is 2.17. The first-order chi connectivity index (χ1) is 10.7. The number of carbonyl (C=O) groups excluding carboxylic acids is 1. The van der Waals surface area contributed by atoms with Crippen LogP contribution in [-0.4, -0.2) is 11.2 Å². The van der Waals surface area contributed by atoms with Crippen molar-refractivity contribution in [2.75, 3.05) is 0 Å². The fraction of sp³-hybridized carbons (Fsp3) is 0.176. The van der Waals surface area contributed by atoms with Crippen molar-refractivity contribution in [3.8, 4) is 0 Å². The average Bonchev–Trinajstić information content (AvgIpc) is 2.97. The highest BCUT2D eigenvalue weighted by Gasteiger charge is 2.11. The molecular weight excluding hydrogens is 278 g/mol. The smallest absolute Gasteiger partial charge is 0.315 e. The van der Waals surface area contributed by atoms with Crippen LogP contribution in [0.3, 0.4) is 0 Å². The molecule has 0 unspecified atom stereocenters. The van der Waals surface area contributed by atoms with E-state index in [2.05, 4.69) is 15.8 Å². The molecule has 112 valence electrons. The Kier molecular flexibility index (Phi) is 4.05. The summed E-state index contributed by atoms with van der Waals surface area (Å²) in [6.45, 7) is 2.27. The van der Waals surface area contributed by atoms with E-state index in [0.717, 1.165) is 22.2 Å². The van der Waals surface area contributed by atoms with Crippen molar-refractivity contribution in [1.82, 2.24) is 15.8 Å².